The monoisotopic (exact) mass is 472 g/mol. The summed E-state index contributed by atoms with van der Waals surface area (Å²) in [6.45, 7) is 1.70. The summed E-state index contributed by atoms with van der Waals surface area (Å²) in [4.78, 5) is 22.3. The fourth-order valence-electron chi connectivity index (χ4n) is 3.13. The molecule has 1 amide bonds. The highest BCUT2D eigenvalue weighted by Gasteiger charge is 2.24. The number of hydrogen-bond donors (Lipinski definition) is 1. The number of nitrogens with one attached hydrogen (secondary N) is 1. The summed E-state index contributed by atoms with van der Waals surface area (Å²) < 4.78 is 8.39. The normalized spacial score (nSPS) is 11.4. The molecule has 3 heterocycles. The van der Waals surface area contributed by atoms with Crippen molar-refractivity contribution in [3.63, 3.8) is 0 Å². The molecule has 0 aliphatic rings. The van der Waals surface area contributed by atoms with Crippen molar-refractivity contribution in [1.29, 1.82) is 0 Å². The number of aryl methyl sites for hydroxylation is 1. The number of thiazole rings is 2. The van der Waals surface area contributed by atoms with Gasteiger partial charge >= 0.3 is 0 Å². The number of fused-ring (bicyclic) bond motifs is 3. The van der Waals surface area contributed by atoms with E-state index in [1.54, 1.807) is 42.2 Å². The summed E-state index contributed by atoms with van der Waals surface area (Å²) in [6.07, 6.45) is 2.01. The molecule has 0 fully saturated rings. The van der Waals surface area contributed by atoms with Crippen LogP contribution in [0, 0.1) is 6.92 Å². The topological polar surface area (TPSA) is 80.9 Å². The molecule has 0 bridgehead atoms. The number of anilines is 1. The number of carbonyl (C=O) groups is 1. The minimum atomic E-state index is -0.340. The van der Waals surface area contributed by atoms with Gasteiger partial charge in [0.25, 0.3) is 5.91 Å². The standard InChI is InChI=1S/C20H13ClN4O2S3/c1-9-14(15(25-27-9)10-5-3-4-6-11(10)21)18(26)24-19-22-12-7-8-13-17(16(12)29-19)30-20(23-13)28-2/h3-8H,1-2H3,(H,22,24,26). The van der Waals surface area contributed by atoms with Gasteiger partial charge in [0.05, 0.1) is 25.5 Å². The lowest BCUT2D eigenvalue weighted by molar-refractivity contribution is 0.102. The number of halogens is 1. The molecular formula is C20H13ClN4O2S3. The number of aromatic nitrogens is 3. The molecular weight excluding hydrogens is 460 g/mol. The average molecular weight is 473 g/mol. The Kier molecular flexibility index (Phi) is 4.98. The molecule has 0 spiro atoms. The van der Waals surface area contributed by atoms with Crippen molar-refractivity contribution in [3.8, 4) is 11.3 Å². The number of hydrogen-bond acceptors (Lipinski definition) is 8. The van der Waals surface area contributed by atoms with Crippen molar-refractivity contribution < 1.29 is 9.32 Å². The molecule has 0 radical (unpaired) electrons. The van der Waals surface area contributed by atoms with Gasteiger partial charge in [-0.05, 0) is 31.4 Å². The average Bonchev–Trinajstić information content (AvgIpc) is 3.43. The first-order chi connectivity index (χ1) is 14.5. The van der Waals surface area contributed by atoms with Gasteiger partial charge in [-0.3, -0.25) is 10.1 Å². The molecule has 1 N–H and O–H groups in total. The SMILES string of the molecule is CSc1nc2ccc3nc(NC(=O)c4c(-c5ccccc5Cl)noc4C)sc3c2s1. The van der Waals surface area contributed by atoms with Gasteiger partial charge in [0.1, 0.15) is 17.0 Å². The summed E-state index contributed by atoms with van der Waals surface area (Å²) in [5.74, 6) is 0.0751. The molecule has 5 aromatic rings. The first-order valence-corrected chi connectivity index (χ1v) is 12.1. The first kappa shape index (κ1) is 19.5. The second-order valence-corrected chi connectivity index (χ2v) is 9.82. The van der Waals surface area contributed by atoms with Crippen molar-refractivity contribution in [3.05, 3.63) is 52.7 Å². The lowest BCUT2D eigenvalue weighted by Crippen LogP contribution is -2.13. The molecule has 30 heavy (non-hydrogen) atoms. The molecule has 10 heteroatoms. The Balaban J connectivity index is 1.53. The number of rotatable bonds is 4. The fourth-order valence-corrected chi connectivity index (χ4v) is 6.01. The third-order valence-electron chi connectivity index (χ3n) is 4.51. The summed E-state index contributed by atoms with van der Waals surface area (Å²) in [7, 11) is 0. The highest BCUT2D eigenvalue weighted by Crippen LogP contribution is 2.38. The molecule has 0 atom stereocenters. The zero-order valence-corrected chi connectivity index (χ0v) is 18.9. The summed E-state index contributed by atoms with van der Waals surface area (Å²) in [5.41, 5.74) is 3.16. The molecule has 0 aliphatic heterocycles. The largest absolute Gasteiger partial charge is 0.360 e. The van der Waals surface area contributed by atoms with E-state index in [2.05, 4.69) is 20.4 Å². The zero-order chi connectivity index (χ0) is 20.8. The van der Waals surface area contributed by atoms with Crippen molar-refractivity contribution in [2.45, 2.75) is 11.3 Å². The zero-order valence-electron chi connectivity index (χ0n) is 15.7. The van der Waals surface area contributed by atoms with Crippen LogP contribution < -0.4 is 5.32 Å². The third kappa shape index (κ3) is 3.27. The number of amides is 1. The van der Waals surface area contributed by atoms with Gasteiger partial charge in [-0.1, -0.05) is 58.1 Å². The van der Waals surface area contributed by atoms with Crippen LogP contribution >= 0.6 is 46.0 Å². The van der Waals surface area contributed by atoms with Crippen LogP contribution in [-0.4, -0.2) is 27.3 Å². The van der Waals surface area contributed by atoms with Crippen LogP contribution in [0.15, 0.2) is 45.3 Å². The van der Waals surface area contributed by atoms with E-state index in [0.717, 1.165) is 24.8 Å². The van der Waals surface area contributed by atoms with Gasteiger partial charge in [-0.2, -0.15) is 0 Å². The molecule has 6 nitrogen and oxygen atoms in total. The third-order valence-corrected chi connectivity index (χ3v) is 8.04. The fraction of sp³-hybridized carbons (Fsp3) is 0.100. The Labute approximate surface area is 188 Å². The van der Waals surface area contributed by atoms with E-state index in [1.807, 2.05) is 30.5 Å². The van der Waals surface area contributed by atoms with Crippen LogP contribution in [0.4, 0.5) is 5.13 Å². The van der Waals surface area contributed by atoms with E-state index in [4.69, 9.17) is 16.1 Å². The first-order valence-electron chi connectivity index (χ1n) is 8.81. The molecule has 2 aromatic carbocycles. The highest BCUT2D eigenvalue weighted by atomic mass is 35.5. The van der Waals surface area contributed by atoms with Gasteiger partial charge in [0.15, 0.2) is 9.47 Å². The second-order valence-electron chi connectivity index (χ2n) is 6.36. The van der Waals surface area contributed by atoms with Crippen LogP contribution in [0.3, 0.4) is 0 Å². The predicted octanol–water partition coefficient (Wildman–Crippen LogP) is 6.50. The number of thioether (sulfide) groups is 1. The van der Waals surface area contributed by atoms with Crippen LogP contribution in [0.1, 0.15) is 16.1 Å². The Morgan fingerprint density at radius 1 is 1.10 bits per heavy atom. The van der Waals surface area contributed by atoms with E-state index < -0.39 is 0 Å². The van der Waals surface area contributed by atoms with Gasteiger partial charge in [0.2, 0.25) is 0 Å². The van der Waals surface area contributed by atoms with Gasteiger partial charge < -0.3 is 4.52 Å². The van der Waals surface area contributed by atoms with Crippen LogP contribution in [0.25, 0.3) is 31.7 Å². The maximum absolute atomic E-state index is 13.1. The Morgan fingerprint density at radius 3 is 2.60 bits per heavy atom. The lowest BCUT2D eigenvalue weighted by Gasteiger charge is -2.04. The maximum Gasteiger partial charge on any atom is 0.263 e. The van der Waals surface area contributed by atoms with Crippen molar-refractivity contribution in [2.75, 3.05) is 11.6 Å². The van der Waals surface area contributed by atoms with Gasteiger partial charge in [-0.15, -0.1) is 11.3 Å². The minimum Gasteiger partial charge on any atom is -0.360 e. The highest BCUT2D eigenvalue weighted by molar-refractivity contribution is 8.00. The van der Waals surface area contributed by atoms with Crippen LogP contribution in [0.2, 0.25) is 5.02 Å². The summed E-state index contributed by atoms with van der Waals surface area (Å²) in [6, 6.07) is 11.1. The second kappa shape index (κ2) is 7.66. The Morgan fingerprint density at radius 2 is 1.83 bits per heavy atom. The van der Waals surface area contributed by atoms with Crippen LogP contribution in [-0.2, 0) is 0 Å². The Hall–Kier alpha value is -2.46. The molecule has 3 aromatic heterocycles. The summed E-state index contributed by atoms with van der Waals surface area (Å²) in [5, 5.41) is 7.96. The molecule has 5 rings (SSSR count). The number of benzene rings is 2. The maximum atomic E-state index is 13.1. The van der Waals surface area contributed by atoms with E-state index >= 15 is 0 Å². The predicted molar refractivity (Wildman–Crippen MR) is 124 cm³/mol. The van der Waals surface area contributed by atoms with E-state index in [-0.39, 0.29) is 5.91 Å². The minimum absolute atomic E-state index is 0.340. The van der Waals surface area contributed by atoms with E-state index in [0.29, 0.717) is 32.7 Å². The lowest BCUT2D eigenvalue weighted by atomic mass is 10.1. The summed E-state index contributed by atoms with van der Waals surface area (Å²) >= 11 is 11.0. The van der Waals surface area contributed by atoms with Crippen molar-refractivity contribution in [2.24, 2.45) is 0 Å². The van der Waals surface area contributed by atoms with Gasteiger partial charge in [-0.25, -0.2) is 9.97 Å². The Bertz CT molecular complexity index is 1420. The van der Waals surface area contributed by atoms with Crippen molar-refractivity contribution in [1.82, 2.24) is 15.1 Å². The van der Waals surface area contributed by atoms with Crippen molar-refractivity contribution >= 4 is 77.5 Å². The smallest absolute Gasteiger partial charge is 0.263 e. The quantitative estimate of drug-likeness (QED) is 0.301. The molecule has 0 aliphatic carbocycles. The number of nitrogens with zero attached hydrogens (tertiary/aromatic N) is 3. The van der Waals surface area contributed by atoms with E-state index in [1.165, 1.54) is 11.3 Å². The molecule has 0 saturated heterocycles. The number of carbonyl (C=O) groups excluding carboxylic acids is 1. The molecule has 150 valence electrons. The molecule has 0 unspecified atom stereocenters. The van der Waals surface area contributed by atoms with E-state index in [9.17, 15) is 4.79 Å². The van der Waals surface area contributed by atoms with Crippen LogP contribution in [0.5, 0.6) is 0 Å². The molecule has 0 saturated carbocycles. The van der Waals surface area contributed by atoms with Gasteiger partial charge in [0, 0.05) is 5.56 Å².